The molecule has 0 spiro atoms. The molecule has 7 nitrogen and oxygen atoms in total. The van der Waals surface area contributed by atoms with Gasteiger partial charge in [0.2, 0.25) is 15.9 Å². The van der Waals surface area contributed by atoms with Crippen LogP contribution in [0.5, 0.6) is 0 Å². The molecule has 0 unspecified atom stereocenters. The van der Waals surface area contributed by atoms with Crippen LogP contribution in [0.3, 0.4) is 0 Å². The van der Waals surface area contributed by atoms with Gasteiger partial charge in [0.05, 0.1) is 23.6 Å². The van der Waals surface area contributed by atoms with Crippen LogP contribution >= 0.6 is 11.6 Å². The minimum absolute atomic E-state index is 0.110. The molecule has 0 heterocycles. The summed E-state index contributed by atoms with van der Waals surface area (Å²) in [5, 5.41) is 3.17. The molecule has 172 valence electrons. The minimum atomic E-state index is -3.88. The van der Waals surface area contributed by atoms with Crippen molar-refractivity contribution in [1.29, 1.82) is 0 Å². The molecule has 1 aliphatic carbocycles. The Kier molecular flexibility index (Phi) is 8.28. The topological polar surface area (TPSA) is 92.8 Å². The second-order valence-corrected chi connectivity index (χ2v) is 9.97. The lowest BCUT2D eigenvalue weighted by Gasteiger charge is -2.33. The molecule has 3 rings (SSSR count). The number of nitrogens with zero attached hydrogens (tertiary/aromatic N) is 1. The highest BCUT2D eigenvalue weighted by atomic mass is 35.5. The summed E-state index contributed by atoms with van der Waals surface area (Å²) < 4.78 is 33.0. The summed E-state index contributed by atoms with van der Waals surface area (Å²) in [6.07, 6.45) is 4.34. The number of benzene rings is 2. The minimum Gasteiger partial charge on any atom is -0.462 e. The van der Waals surface area contributed by atoms with E-state index in [2.05, 4.69) is 5.32 Å². The van der Waals surface area contributed by atoms with Crippen molar-refractivity contribution in [2.45, 2.75) is 50.0 Å². The summed E-state index contributed by atoms with van der Waals surface area (Å²) in [6.45, 7) is 1.70. The lowest BCUT2D eigenvalue weighted by Crippen LogP contribution is -2.45. The Bertz CT molecular complexity index is 1030. The Morgan fingerprint density at radius 3 is 2.25 bits per heavy atom. The number of hydrogen-bond donors (Lipinski definition) is 1. The first-order valence-corrected chi connectivity index (χ1v) is 12.5. The van der Waals surface area contributed by atoms with Crippen LogP contribution in [-0.4, -0.2) is 43.8 Å². The first-order chi connectivity index (χ1) is 15.3. The average molecular weight is 479 g/mol. The molecule has 0 atom stereocenters. The number of carbonyl (C=O) groups is 2. The second-order valence-electron chi connectivity index (χ2n) is 7.64. The molecule has 2 aromatic rings. The van der Waals surface area contributed by atoms with Gasteiger partial charge in [0.1, 0.15) is 0 Å². The number of ether oxygens (including phenoxy) is 1. The summed E-state index contributed by atoms with van der Waals surface area (Å²) in [5.41, 5.74) is 0.842. The van der Waals surface area contributed by atoms with Crippen LogP contribution < -0.4 is 5.32 Å². The highest BCUT2D eigenvalue weighted by molar-refractivity contribution is 7.89. The molecule has 1 N–H and O–H groups in total. The van der Waals surface area contributed by atoms with E-state index in [0.29, 0.717) is 29.1 Å². The van der Waals surface area contributed by atoms with Gasteiger partial charge in [0, 0.05) is 16.8 Å². The van der Waals surface area contributed by atoms with Crippen molar-refractivity contribution < 1.29 is 22.7 Å². The van der Waals surface area contributed by atoms with E-state index in [1.54, 1.807) is 31.2 Å². The molecule has 1 saturated carbocycles. The van der Waals surface area contributed by atoms with Gasteiger partial charge in [-0.05, 0) is 68.3 Å². The van der Waals surface area contributed by atoms with Gasteiger partial charge in [-0.3, -0.25) is 4.79 Å². The number of anilines is 1. The number of carbonyl (C=O) groups excluding carboxylic acids is 2. The normalized spacial score (nSPS) is 14.8. The number of esters is 1. The third-order valence-corrected chi connectivity index (χ3v) is 7.55. The zero-order valence-electron chi connectivity index (χ0n) is 17.9. The van der Waals surface area contributed by atoms with Crippen molar-refractivity contribution in [1.82, 2.24) is 4.31 Å². The maximum absolute atomic E-state index is 13.4. The Morgan fingerprint density at radius 2 is 1.66 bits per heavy atom. The van der Waals surface area contributed by atoms with E-state index in [1.165, 1.54) is 28.6 Å². The van der Waals surface area contributed by atoms with Gasteiger partial charge in [-0.15, -0.1) is 0 Å². The van der Waals surface area contributed by atoms with Crippen molar-refractivity contribution in [3.05, 3.63) is 59.1 Å². The highest BCUT2D eigenvalue weighted by Gasteiger charge is 2.34. The van der Waals surface area contributed by atoms with Crippen molar-refractivity contribution >= 4 is 39.2 Å². The molecule has 1 fully saturated rings. The SMILES string of the molecule is CCOC(=O)c1ccc(NC(=O)CN(C2CCCCC2)S(=O)(=O)c2ccc(Cl)cc2)cc1. The van der Waals surface area contributed by atoms with E-state index in [4.69, 9.17) is 16.3 Å². The fourth-order valence-corrected chi connectivity index (χ4v) is 5.53. The van der Waals surface area contributed by atoms with Crippen LogP contribution in [0.1, 0.15) is 49.4 Å². The molecule has 0 radical (unpaired) electrons. The van der Waals surface area contributed by atoms with Gasteiger partial charge < -0.3 is 10.1 Å². The molecular formula is C23H27ClN2O5S. The Balaban J connectivity index is 1.76. The fraction of sp³-hybridized carbons (Fsp3) is 0.391. The van der Waals surface area contributed by atoms with Gasteiger partial charge >= 0.3 is 5.97 Å². The predicted molar refractivity (Wildman–Crippen MR) is 123 cm³/mol. The Labute approximate surface area is 193 Å². The molecule has 0 bridgehead atoms. The zero-order valence-corrected chi connectivity index (χ0v) is 19.5. The van der Waals surface area contributed by atoms with E-state index in [0.717, 1.165) is 19.3 Å². The number of rotatable bonds is 8. The van der Waals surface area contributed by atoms with Crippen molar-refractivity contribution in [3.8, 4) is 0 Å². The highest BCUT2D eigenvalue weighted by Crippen LogP contribution is 2.28. The van der Waals surface area contributed by atoms with Gasteiger partial charge in [-0.2, -0.15) is 4.31 Å². The molecule has 0 saturated heterocycles. The lowest BCUT2D eigenvalue weighted by molar-refractivity contribution is -0.116. The molecule has 2 aromatic carbocycles. The van der Waals surface area contributed by atoms with Crippen LogP contribution in [0.25, 0.3) is 0 Å². The van der Waals surface area contributed by atoms with Crippen molar-refractivity contribution in [2.24, 2.45) is 0 Å². The fourth-order valence-electron chi connectivity index (χ4n) is 3.77. The van der Waals surface area contributed by atoms with E-state index in [-0.39, 0.29) is 24.1 Å². The van der Waals surface area contributed by atoms with Crippen LogP contribution in [0, 0.1) is 0 Å². The second kappa shape index (κ2) is 10.9. The first-order valence-electron chi connectivity index (χ1n) is 10.7. The summed E-state index contributed by atoms with van der Waals surface area (Å²) in [7, 11) is -3.88. The van der Waals surface area contributed by atoms with Gasteiger partial charge in [-0.25, -0.2) is 13.2 Å². The standard InChI is InChI=1S/C23H27ClN2O5S/c1-2-31-23(28)17-8-12-19(13-9-17)25-22(27)16-26(20-6-4-3-5-7-20)32(29,30)21-14-10-18(24)11-15-21/h8-15,20H,2-7,16H2,1H3,(H,25,27). The monoisotopic (exact) mass is 478 g/mol. The molecule has 1 aliphatic rings. The smallest absolute Gasteiger partial charge is 0.338 e. The predicted octanol–water partition coefficient (Wildman–Crippen LogP) is 4.48. The quantitative estimate of drug-likeness (QED) is 0.564. The molecule has 9 heteroatoms. The van der Waals surface area contributed by atoms with E-state index in [1.807, 2.05) is 0 Å². The number of hydrogen-bond acceptors (Lipinski definition) is 5. The Morgan fingerprint density at radius 1 is 1.03 bits per heavy atom. The van der Waals surface area contributed by atoms with E-state index < -0.39 is 21.9 Å². The zero-order chi connectivity index (χ0) is 23.1. The van der Waals surface area contributed by atoms with Gasteiger partial charge in [0.25, 0.3) is 0 Å². The average Bonchev–Trinajstić information content (AvgIpc) is 2.79. The van der Waals surface area contributed by atoms with E-state index in [9.17, 15) is 18.0 Å². The van der Waals surface area contributed by atoms with Gasteiger partial charge in [0.15, 0.2) is 0 Å². The molecule has 32 heavy (non-hydrogen) atoms. The van der Waals surface area contributed by atoms with Crippen LogP contribution in [-0.2, 0) is 19.6 Å². The number of sulfonamides is 1. The van der Waals surface area contributed by atoms with Gasteiger partial charge in [-0.1, -0.05) is 30.9 Å². The van der Waals surface area contributed by atoms with Crippen LogP contribution in [0.15, 0.2) is 53.4 Å². The van der Waals surface area contributed by atoms with E-state index >= 15 is 0 Å². The number of nitrogens with one attached hydrogen (secondary N) is 1. The summed E-state index contributed by atoms with van der Waals surface area (Å²) in [5.74, 6) is -0.889. The van der Waals surface area contributed by atoms with Crippen LogP contribution in [0.4, 0.5) is 5.69 Å². The number of amides is 1. The third-order valence-electron chi connectivity index (χ3n) is 5.38. The molecule has 1 amide bonds. The van der Waals surface area contributed by atoms with Crippen molar-refractivity contribution in [3.63, 3.8) is 0 Å². The summed E-state index contributed by atoms with van der Waals surface area (Å²) in [4.78, 5) is 24.7. The lowest BCUT2D eigenvalue weighted by atomic mass is 9.95. The third kappa shape index (κ3) is 6.09. The molecule has 0 aliphatic heterocycles. The number of halogens is 1. The Hall–Kier alpha value is -2.42. The van der Waals surface area contributed by atoms with Crippen molar-refractivity contribution in [2.75, 3.05) is 18.5 Å². The maximum atomic E-state index is 13.4. The molecule has 0 aromatic heterocycles. The largest absolute Gasteiger partial charge is 0.462 e. The summed E-state index contributed by atoms with van der Waals surface area (Å²) in [6, 6.07) is 12.0. The summed E-state index contributed by atoms with van der Waals surface area (Å²) >= 11 is 5.91. The first kappa shape index (κ1) is 24.2. The molecular weight excluding hydrogens is 452 g/mol. The van der Waals surface area contributed by atoms with Crippen LogP contribution in [0.2, 0.25) is 5.02 Å². The maximum Gasteiger partial charge on any atom is 0.338 e.